The molecule has 0 atom stereocenters. The second-order valence-electron chi connectivity index (χ2n) is 3.98. The van der Waals surface area contributed by atoms with Crippen LogP contribution in [0.3, 0.4) is 0 Å². The van der Waals surface area contributed by atoms with Crippen LogP contribution < -0.4 is 0 Å². The summed E-state index contributed by atoms with van der Waals surface area (Å²) in [6, 6.07) is 18.2. The number of benzene rings is 2. The van der Waals surface area contributed by atoms with Gasteiger partial charge < -0.3 is 0 Å². The van der Waals surface area contributed by atoms with E-state index in [0.29, 0.717) is 0 Å². The van der Waals surface area contributed by atoms with Crippen LogP contribution in [0, 0.1) is 24.2 Å². The molecule has 0 nitrogen and oxygen atoms in total. The third-order valence-electron chi connectivity index (χ3n) is 2.69. The molecule has 86 valence electrons. The third-order valence-corrected chi connectivity index (χ3v) is 2.69. The van der Waals surface area contributed by atoms with Gasteiger partial charge in [-0.1, -0.05) is 60.2 Å². The van der Waals surface area contributed by atoms with Gasteiger partial charge >= 0.3 is 0 Å². The Balaban J connectivity index is 1.99. The molecular weight excluding hydrogens is 216 g/mol. The lowest BCUT2D eigenvalue weighted by atomic mass is 10.1. The molecule has 0 saturated heterocycles. The van der Waals surface area contributed by atoms with E-state index in [1.54, 1.807) is 0 Å². The Morgan fingerprint density at radius 3 is 2.22 bits per heavy atom. The monoisotopic (exact) mass is 230 g/mol. The normalized spacial score (nSPS) is 9.06. The Hall–Kier alpha value is -2.44. The van der Waals surface area contributed by atoms with Crippen molar-refractivity contribution >= 4 is 0 Å². The minimum atomic E-state index is 0.850. The molecule has 0 spiro atoms. The molecule has 0 N–H and O–H groups in total. The molecule has 0 bridgehead atoms. The van der Waals surface area contributed by atoms with Crippen molar-refractivity contribution in [3.63, 3.8) is 0 Å². The Morgan fingerprint density at radius 2 is 1.50 bits per heavy atom. The number of hydrogen-bond acceptors (Lipinski definition) is 0. The molecule has 0 heteroatoms. The van der Waals surface area contributed by atoms with Gasteiger partial charge in [-0.2, -0.15) is 0 Å². The van der Waals surface area contributed by atoms with E-state index in [-0.39, 0.29) is 0 Å². The number of rotatable bonds is 2. The van der Waals surface area contributed by atoms with Crippen LogP contribution in [-0.4, -0.2) is 0 Å². The summed E-state index contributed by atoms with van der Waals surface area (Å²) in [6.07, 6.45) is 7.26. The minimum Gasteiger partial charge on any atom is -0.115 e. The fraction of sp³-hybridized carbons (Fsp3) is 0.111. The zero-order valence-corrected chi connectivity index (χ0v) is 10.2. The standard InChI is InChI=1S/C18H14/c1-2-17-13-8-9-15-18(17)14-7-6-12-16-10-4-3-5-11-16/h1,3-5,8-11,13,15H,6,12H2. The van der Waals surface area contributed by atoms with E-state index in [1.807, 2.05) is 30.3 Å². The van der Waals surface area contributed by atoms with Gasteiger partial charge in [-0.25, -0.2) is 0 Å². The Kier molecular flexibility index (Phi) is 4.23. The van der Waals surface area contributed by atoms with Crippen molar-refractivity contribution in [2.24, 2.45) is 0 Å². The molecule has 2 rings (SSSR count). The maximum absolute atomic E-state index is 5.43. The minimum absolute atomic E-state index is 0.850. The summed E-state index contributed by atoms with van der Waals surface area (Å²) in [4.78, 5) is 0. The van der Waals surface area contributed by atoms with Crippen molar-refractivity contribution in [2.75, 3.05) is 0 Å². The van der Waals surface area contributed by atoms with E-state index in [1.165, 1.54) is 5.56 Å². The summed E-state index contributed by atoms with van der Waals surface area (Å²) in [5, 5.41) is 0. The Morgan fingerprint density at radius 1 is 0.833 bits per heavy atom. The zero-order chi connectivity index (χ0) is 12.6. The molecule has 0 heterocycles. The summed E-state index contributed by atoms with van der Waals surface area (Å²) < 4.78 is 0. The summed E-state index contributed by atoms with van der Waals surface area (Å²) in [7, 11) is 0. The molecule has 0 aliphatic rings. The fourth-order valence-electron chi connectivity index (χ4n) is 1.73. The summed E-state index contributed by atoms with van der Waals surface area (Å²) in [5.74, 6) is 8.97. The molecule has 18 heavy (non-hydrogen) atoms. The van der Waals surface area contributed by atoms with Crippen LogP contribution in [0.25, 0.3) is 0 Å². The topological polar surface area (TPSA) is 0 Å². The average Bonchev–Trinajstić information content (AvgIpc) is 2.45. The summed E-state index contributed by atoms with van der Waals surface area (Å²) in [6.45, 7) is 0. The van der Waals surface area contributed by atoms with E-state index in [9.17, 15) is 0 Å². The highest BCUT2D eigenvalue weighted by molar-refractivity contribution is 5.49. The smallest absolute Gasteiger partial charge is 0.0401 e. The second-order valence-corrected chi connectivity index (χ2v) is 3.98. The second kappa shape index (κ2) is 6.33. The first-order valence-electron chi connectivity index (χ1n) is 5.98. The number of terminal acetylenes is 1. The predicted octanol–water partition coefficient (Wildman–Crippen LogP) is 3.65. The molecule has 2 aromatic rings. The predicted molar refractivity (Wildman–Crippen MR) is 76.0 cm³/mol. The molecule has 0 aromatic heterocycles. The molecule has 0 aliphatic heterocycles. The Bertz CT molecular complexity index is 604. The quantitative estimate of drug-likeness (QED) is 0.691. The van der Waals surface area contributed by atoms with Gasteiger partial charge in [-0.05, 0) is 24.1 Å². The Labute approximate surface area is 109 Å². The molecule has 0 unspecified atom stereocenters. The molecular formula is C18H14. The van der Waals surface area contributed by atoms with Crippen molar-refractivity contribution in [1.29, 1.82) is 0 Å². The third kappa shape index (κ3) is 3.27. The van der Waals surface area contributed by atoms with Gasteiger partial charge in [0.1, 0.15) is 0 Å². The lowest BCUT2D eigenvalue weighted by molar-refractivity contribution is 1.03. The van der Waals surface area contributed by atoms with Crippen LogP contribution >= 0.6 is 0 Å². The van der Waals surface area contributed by atoms with Crippen molar-refractivity contribution < 1.29 is 0 Å². The zero-order valence-electron chi connectivity index (χ0n) is 10.2. The fourth-order valence-corrected chi connectivity index (χ4v) is 1.73. The highest BCUT2D eigenvalue weighted by atomic mass is 14.0. The van der Waals surface area contributed by atoms with E-state index in [2.05, 4.69) is 42.0 Å². The molecule has 2 aromatic carbocycles. The van der Waals surface area contributed by atoms with Gasteiger partial charge in [0.25, 0.3) is 0 Å². The van der Waals surface area contributed by atoms with Gasteiger partial charge in [0.15, 0.2) is 0 Å². The van der Waals surface area contributed by atoms with Crippen molar-refractivity contribution in [3.8, 4) is 24.2 Å². The molecule has 0 fully saturated rings. The van der Waals surface area contributed by atoms with Crippen LogP contribution in [0.2, 0.25) is 0 Å². The summed E-state index contributed by atoms with van der Waals surface area (Å²) in [5.41, 5.74) is 3.12. The first kappa shape index (κ1) is 12.0. The van der Waals surface area contributed by atoms with E-state index < -0.39 is 0 Å². The molecule has 0 radical (unpaired) electrons. The maximum atomic E-state index is 5.43. The van der Waals surface area contributed by atoms with Gasteiger partial charge in [0.2, 0.25) is 0 Å². The van der Waals surface area contributed by atoms with Crippen LogP contribution in [0.5, 0.6) is 0 Å². The molecule has 0 saturated carbocycles. The lowest BCUT2D eigenvalue weighted by Gasteiger charge is -1.96. The van der Waals surface area contributed by atoms with Gasteiger partial charge in [0.05, 0.1) is 0 Å². The van der Waals surface area contributed by atoms with Crippen LogP contribution in [-0.2, 0) is 6.42 Å². The van der Waals surface area contributed by atoms with Gasteiger partial charge in [-0.15, -0.1) is 6.42 Å². The number of hydrogen-bond donors (Lipinski definition) is 0. The van der Waals surface area contributed by atoms with Crippen LogP contribution in [0.4, 0.5) is 0 Å². The highest BCUT2D eigenvalue weighted by Gasteiger charge is 1.93. The van der Waals surface area contributed by atoms with Crippen LogP contribution in [0.15, 0.2) is 54.6 Å². The maximum Gasteiger partial charge on any atom is 0.0401 e. The molecule has 0 aliphatic carbocycles. The van der Waals surface area contributed by atoms with Crippen molar-refractivity contribution in [2.45, 2.75) is 12.8 Å². The van der Waals surface area contributed by atoms with E-state index in [0.717, 1.165) is 24.0 Å². The highest BCUT2D eigenvalue weighted by Crippen LogP contribution is 2.06. The SMILES string of the molecule is C#Cc1ccccc1C#CCCc1ccccc1. The van der Waals surface area contributed by atoms with Gasteiger partial charge in [0, 0.05) is 17.5 Å². The van der Waals surface area contributed by atoms with Crippen LogP contribution in [0.1, 0.15) is 23.1 Å². The first-order valence-corrected chi connectivity index (χ1v) is 5.98. The number of aryl methyl sites for hydroxylation is 1. The molecule has 0 amide bonds. The largest absolute Gasteiger partial charge is 0.115 e. The first-order chi connectivity index (χ1) is 8.90. The lowest BCUT2D eigenvalue weighted by Crippen LogP contribution is -1.84. The van der Waals surface area contributed by atoms with Crippen molar-refractivity contribution in [1.82, 2.24) is 0 Å². The summed E-state index contributed by atoms with van der Waals surface area (Å²) >= 11 is 0. The average molecular weight is 230 g/mol. The van der Waals surface area contributed by atoms with E-state index >= 15 is 0 Å². The van der Waals surface area contributed by atoms with Crippen molar-refractivity contribution in [3.05, 3.63) is 71.3 Å². The van der Waals surface area contributed by atoms with E-state index in [4.69, 9.17) is 6.42 Å². The van der Waals surface area contributed by atoms with Gasteiger partial charge in [-0.3, -0.25) is 0 Å².